The summed E-state index contributed by atoms with van der Waals surface area (Å²) in [5, 5.41) is 3.09. The third kappa shape index (κ3) is 6.12. The Bertz CT molecular complexity index is 1070. The van der Waals surface area contributed by atoms with Crippen LogP contribution in [0.15, 0.2) is 72.8 Å². The molecule has 1 aliphatic rings. The number of amides is 1. The second-order valence-corrected chi connectivity index (χ2v) is 8.06. The van der Waals surface area contributed by atoms with E-state index in [0.29, 0.717) is 31.1 Å². The fourth-order valence-corrected chi connectivity index (χ4v) is 3.98. The van der Waals surface area contributed by atoms with Gasteiger partial charge < -0.3 is 19.5 Å². The maximum absolute atomic E-state index is 13.2. The molecule has 1 saturated heterocycles. The first-order valence-electron chi connectivity index (χ1n) is 11.3. The van der Waals surface area contributed by atoms with Gasteiger partial charge >= 0.3 is 0 Å². The van der Waals surface area contributed by atoms with Gasteiger partial charge in [-0.05, 0) is 47.5 Å². The molecule has 1 N–H and O–H groups in total. The molecule has 0 saturated carbocycles. The molecule has 178 valence electrons. The van der Waals surface area contributed by atoms with Crippen molar-refractivity contribution in [2.45, 2.75) is 12.6 Å². The van der Waals surface area contributed by atoms with Crippen LogP contribution in [-0.4, -0.2) is 50.8 Å². The number of rotatable bonds is 9. The molecule has 1 fully saturated rings. The van der Waals surface area contributed by atoms with Gasteiger partial charge in [-0.1, -0.05) is 36.4 Å². The van der Waals surface area contributed by atoms with Crippen LogP contribution in [-0.2, 0) is 11.3 Å². The smallest absolute Gasteiger partial charge is 0.255 e. The van der Waals surface area contributed by atoms with E-state index in [1.807, 2.05) is 36.4 Å². The van der Waals surface area contributed by atoms with Crippen LogP contribution >= 0.6 is 0 Å². The zero-order chi connectivity index (χ0) is 23.8. The maximum atomic E-state index is 13.2. The summed E-state index contributed by atoms with van der Waals surface area (Å²) in [5.41, 5.74) is 2.38. The Balaban J connectivity index is 1.45. The Morgan fingerprint density at radius 2 is 1.74 bits per heavy atom. The molecule has 0 spiro atoms. The van der Waals surface area contributed by atoms with Crippen LogP contribution in [0.1, 0.15) is 27.5 Å². The van der Waals surface area contributed by atoms with Gasteiger partial charge in [-0.3, -0.25) is 9.69 Å². The van der Waals surface area contributed by atoms with Gasteiger partial charge in [0.25, 0.3) is 5.91 Å². The van der Waals surface area contributed by atoms with Crippen LogP contribution in [0.5, 0.6) is 11.5 Å². The van der Waals surface area contributed by atoms with Crippen molar-refractivity contribution in [1.82, 2.24) is 10.2 Å². The number of carbonyl (C=O) groups is 1. The van der Waals surface area contributed by atoms with Gasteiger partial charge in [0.1, 0.15) is 23.9 Å². The third-order valence-electron chi connectivity index (χ3n) is 5.88. The average molecular weight is 465 g/mol. The summed E-state index contributed by atoms with van der Waals surface area (Å²) in [6, 6.07) is 21.2. The van der Waals surface area contributed by atoms with Crippen molar-refractivity contribution in [3.05, 3.63) is 95.3 Å². The number of hydrogen-bond donors (Lipinski definition) is 1. The molecule has 1 atom stereocenters. The van der Waals surface area contributed by atoms with Crippen LogP contribution in [0.2, 0.25) is 0 Å². The summed E-state index contributed by atoms with van der Waals surface area (Å²) >= 11 is 0. The summed E-state index contributed by atoms with van der Waals surface area (Å²) < 4.78 is 29.9. The predicted octanol–water partition coefficient (Wildman–Crippen LogP) is 4.22. The van der Waals surface area contributed by atoms with E-state index >= 15 is 0 Å². The molecule has 0 aliphatic carbocycles. The number of ether oxygens (including phenoxy) is 3. The molecule has 0 aromatic heterocycles. The van der Waals surface area contributed by atoms with Crippen molar-refractivity contribution in [1.29, 1.82) is 0 Å². The number of methoxy groups -OCH3 is 1. The van der Waals surface area contributed by atoms with Crippen molar-refractivity contribution in [3.8, 4) is 11.5 Å². The van der Waals surface area contributed by atoms with Crippen molar-refractivity contribution in [2.24, 2.45) is 0 Å². The van der Waals surface area contributed by atoms with E-state index in [1.165, 1.54) is 12.1 Å². The van der Waals surface area contributed by atoms with E-state index in [1.54, 1.807) is 31.4 Å². The molecule has 34 heavy (non-hydrogen) atoms. The van der Waals surface area contributed by atoms with Gasteiger partial charge in [0.15, 0.2) is 0 Å². The average Bonchev–Trinajstić information content (AvgIpc) is 2.89. The summed E-state index contributed by atoms with van der Waals surface area (Å²) in [6.45, 7) is 3.61. The number of morpholine rings is 1. The zero-order valence-corrected chi connectivity index (χ0v) is 19.2. The van der Waals surface area contributed by atoms with Gasteiger partial charge in [0.05, 0.1) is 31.9 Å². The molecule has 1 unspecified atom stereocenters. The van der Waals surface area contributed by atoms with Gasteiger partial charge in [-0.2, -0.15) is 0 Å². The molecular formula is C27H29FN2O4. The summed E-state index contributed by atoms with van der Waals surface area (Å²) in [5.74, 6) is 0.772. The van der Waals surface area contributed by atoms with E-state index in [9.17, 15) is 9.18 Å². The highest BCUT2D eigenvalue weighted by Crippen LogP contribution is 2.25. The Labute approximate surface area is 199 Å². The van der Waals surface area contributed by atoms with Crippen LogP contribution < -0.4 is 14.8 Å². The third-order valence-corrected chi connectivity index (χ3v) is 5.88. The monoisotopic (exact) mass is 464 g/mol. The molecule has 6 nitrogen and oxygen atoms in total. The van der Waals surface area contributed by atoms with E-state index in [4.69, 9.17) is 14.2 Å². The first-order chi connectivity index (χ1) is 16.6. The SMILES string of the molecule is COc1ccc(C(CNC(=O)c2ccccc2OCc2ccc(F)cc2)N2CCOCC2)cc1. The van der Waals surface area contributed by atoms with Gasteiger partial charge in [-0.25, -0.2) is 4.39 Å². The number of carbonyl (C=O) groups excluding carboxylic acids is 1. The minimum atomic E-state index is -0.296. The molecule has 1 amide bonds. The summed E-state index contributed by atoms with van der Waals surface area (Å²) in [4.78, 5) is 15.5. The topological polar surface area (TPSA) is 60.0 Å². The Kier molecular flexibility index (Phi) is 8.12. The van der Waals surface area contributed by atoms with E-state index in [0.717, 1.165) is 30.0 Å². The van der Waals surface area contributed by atoms with E-state index < -0.39 is 0 Å². The highest BCUT2D eigenvalue weighted by Gasteiger charge is 2.24. The van der Waals surface area contributed by atoms with Gasteiger partial charge in [-0.15, -0.1) is 0 Å². The van der Waals surface area contributed by atoms with Crippen molar-refractivity contribution in [2.75, 3.05) is 40.0 Å². The molecule has 1 heterocycles. The minimum absolute atomic E-state index is 0.00560. The van der Waals surface area contributed by atoms with Crippen molar-refractivity contribution < 1.29 is 23.4 Å². The highest BCUT2D eigenvalue weighted by molar-refractivity contribution is 5.96. The lowest BCUT2D eigenvalue weighted by Gasteiger charge is -2.35. The first-order valence-corrected chi connectivity index (χ1v) is 11.3. The minimum Gasteiger partial charge on any atom is -0.497 e. The van der Waals surface area contributed by atoms with E-state index in [2.05, 4.69) is 10.2 Å². The lowest BCUT2D eigenvalue weighted by molar-refractivity contribution is 0.0162. The number of nitrogens with zero attached hydrogens (tertiary/aromatic N) is 1. The number of halogens is 1. The highest BCUT2D eigenvalue weighted by atomic mass is 19.1. The second-order valence-electron chi connectivity index (χ2n) is 8.06. The summed E-state index contributed by atoms with van der Waals surface area (Å²) in [7, 11) is 1.64. The molecular weight excluding hydrogens is 435 g/mol. The fourth-order valence-electron chi connectivity index (χ4n) is 3.98. The number of hydrogen-bond acceptors (Lipinski definition) is 5. The maximum Gasteiger partial charge on any atom is 0.255 e. The standard InChI is InChI=1S/C27H29FN2O4/c1-32-23-12-8-21(9-13-23)25(30-14-16-33-17-15-30)18-29-27(31)24-4-2-3-5-26(24)34-19-20-6-10-22(28)11-7-20/h2-13,25H,14-19H2,1H3,(H,29,31). The lowest BCUT2D eigenvalue weighted by atomic mass is 10.0. The molecule has 7 heteroatoms. The van der Waals surface area contributed by atoms with Crippen LogP contribution in [0, 0.1) is 5.82 Å². The van der Waals surface area contributed by atoms with E-state index in [-0.39, 0.29) is 24.4 Å². The molecule has 1 aliphatic heterocycles. The largest absolute Gasteiger partial charge is 0.497 e. The fraction of sp³-hybridized carbons (Fsp3) is 0.296. The van der Waals surface area contributed by atoms with Crippen LogP contribution in [0.3, 0.4) is 0 Å². The molecule has 4 rings (SSSR count). The Hall–Kier alpha value is -3.42. The molecule has 3 aromatic rings. The second kappa shape index (κ2) is 11.6. The predicted molar refractivity (Wildman–Crippen MR) is 128 cm³/mol. The quantitative estimate of drug-likeness (QED) is 0.514. The number of para-hydroxylation sites is 1. The van der Waals surface area contributed by atoms with Gasteiger partial charge in [0, 0.05) is 19.6 Å². The summed E-state index contributed by atoms with van der Waals surface area (Å²) in [6.07, 6.45) is 0. The first kappa shape index (κ1) is 23.7. The molecule has 3 aromatic carbocycles. The van der Waals surface area contributed by atoms with Crippen molar-refractivity contribution >= 4 is 5.91 Å². The lowest BCUT2D eigenvalue weighted by Crippen LogP contribution is -2.43. The zero-order valence-electron chi connectivity index (χ0n) is 19.2. The van der Waals surface area contributed by atoms with Crippen LogP contribution in [0.25, 0.3) is 0 Å². The van der Waals surface area contributed by atoms with Crippen molar-refractivity contribution in [3.63, 3.8) is 0 Å². The number of nitrogens with one attached hydrogen (secondary N) is 1. The Morgan fingerprint density at radius 1 is 1.03 bits per heavy atom. The Morgan fingerprint density at radius 3 is 2.44 bits per heavy atom. The molecule has 0 radical (unpaired) electrons. The number of benzene rings is 3. The normalized spacial score (nSPS) is 14.9. The van der Waals surface area contributed by atoms with Gasteiger partial charge in [0.2, 0.25) is 0 Å². The molecule has 0 bridgehead atoms. The van der Waals surface area contributed by atoms with Crippen LogP contribution in [0.4, 0.5) is 4.39 Å².